The van der Waals surface area contributed by atoms with Crippen molar-refractivity contribution in [3.8, 4) is 0 Å². The lowest BCUT2D eigenvalue weighted by molar-refractivity contribution is 0.0651. The number of nitrogens with zero attached hydrogens (tertiary/aromatic N) is 5. The molecule has 7 nitrogen and oxygen atoms in total. The molecule has 26 heavy (non-hydrogen) atoms. The number of aryl methyl sites for hydroxylation is 1. The van der Waals surface area contributed by atoms with Crippen molar-refractivity contribution in [2.75, 3.05) is 6.54 Å². The van der Waals surface area contributed by atoms with Crippen LogP contribution in [0.4, 0.5) is 0 Å². The summed E-state index contributed by atoms with van der Waals surface area (Å²) in [5, 5.41) is 4.51. The van der Waals surface area contributed by atoms with Gasteiger partial charge in [-0.25, -0.2) is 9.48 Å². The Morgan fingerprint density at radius 3 is 2.58 bits per heavy atom. The maximum atomic E-state index is 13.1. The minimum absolute atomic E-state index is 0.131. The van der Waals surface area contributed by atoms with E-state index < -0.39 is 6.04 Å². The van der Waals surface area contributed by atoms with E-state index in [2.05, 4.69) is 10.1 Å². The molecule has 3 aromatic rings. The molecular weight excluding hydrogens is 330 g/mol. The van der Waals surface area contributed by atoms with Crippen LogP contribution in [-0.4, -0.2) is 36.7 Å². The van der Waals surface area contributed by atoms with Crippen LogP contribution < -0.4 is 5.69 Å². The minimum Gasteiger partial charge on any atom is -0.321 e. The van der Waals surface area contributed by atoms with Gasteiger partial charge in [-0.2, -0.15) is 5.10 Å². The third-order valence-electron chi connectivity index (χ3n) is 4.63. The molecule has 7 heteroatoms. The summed E-state index contributed by atoms with van der Waals surface area (Å²) in [5.74, 6) is 0.433. The number of amides is 1. The second-order valence-electron chi connectivity index (χ2n) is 6.13. The maximum Gasteiger partial charge on any atom is 0.346 e. The van der Waals surface area contributed by atoms with Gasteiger partial charge in [-0.1, -0.05) is 36.4 Å². The van der Waals surface area contributed by atoms with Crippen LogP contribution in [0.5, 0.6) is 0 Å². The number of carbonyl (C=O) groups excluding carboxylic acids is 1. The van der Waals surface area contributed by atoms with Crippen molar-refractivity contribution in [3.05, 3.63) is 82.3 Å². The predicted octanol–water partition coefficient (Wildman–Crippen LogP) is 1.71. The Morgan fingerprint density at radius 1 is 1.12 bits per heavy atom. The van der Waals surface area contributed by atoms with E-state index in [1.807, 2.05) is 37.3 Å². The fraction of sp³-hybridized carbons (Fsp3) is 0.263. The maximum absolute atomic E-state index is 13.1. The van der Waals surface area contributed by atoms with E-state index in [1.54, 1.807) is 33.9 Å². The number of hydrogen-bond donors (Lipinski definition) is 0. The van der Waals surface area contributed by atoms with Crippen molar-refractivity contribution in [3.63, 3.8) is 0 Å². The van der Waals surface area contributed by atoms with Crippen LogP contribution in [0.15, 0.2) is 59.5 Å². The van der Waals surface area contributed by atoms with Gasteiger partial charge in [-0.05, 0) is 24.6 Å². The van der Waals surface area contributed by atoms with E-state index >= 15 is 0 Å². The van der Waals surface area contributed by atoms with Crippen LogP contribution in [0.1, 0.15) is 34.8 Å². The lowest BCUT2D eigenvalue weighted by Crippen LogP contribution is -2.45. The van der Waals surface area contributed by atoms with Crippen molar-refractivity contribution in [1.29, 1.82) is 0 Å². The molecule has 3 heterocycles. The summed E-state index contributed by atoms with van der Waals surface area (Å²) < 4.78 is 3.11. The van der Waals surface area contributed by atoms with Crippen molar-refractivity contribution >= 4 is 5.91 Å². The quantitative estimate of drug-likeness (QED) is 0.721. The number of benzene rings is 1. The average molecular weight is 349 g/mol. The summed E-state index contributed by atoms with van der Waals surface area (Å²) in [5.41, 5.74) is 1.18. The van der Waals surface area contributed by atoms with Gasteiger partial charge in [0.05, 0.1) is 0 Å². The van der Waals surface area contributed by atoms with Gasteiger partial charge in [0.1, 0.15) is 11.7 Å². The van der Waals surface area contributed by atoms with E-state index in [-0.39, 0.29) is 11.6 Å². The van der Waals surface area contributed by atoms with Gasteiger partial charge >= 0.3 is 5.69 Å². The Balaban J connectivity index is 1.84. The molecule has 1 aliphatic heterocycles. The zero-order valence-electron chi connectivity index (χ0n) is 14.4. The molecule has 4 rings (SSSR count). The normalized spacial score (nSPS) is 16.3. The van der Waals surface area contributed by atoms with E-state index in [0.29, 0.717) is 31.2 Å². The van der Waals surface area contributed by atoms with E-state index in [4.69, 9.17) is 0 Å². The van der Waals surface area contributed by atoms with Crippen LogP contribution in [0.3, 0.4) is 0 Å². The van der Waals surface area contributed by atoms with Crippen molar-refractivity contribution < 1.29 is 4.79 Å². The molecule has 2 aromatic heterocycles. The number of hydrogen-bond acceptors (Lipinski definition) is 4. The molecule has 0 bridgehead atoms. The highest BCUT2D eigenvalue weighted by molar-refractivity contribution is 5.92. The van der Waals surface area contributed by atoms with Crippen LogP contribution >= 0.6 is 0 Å². The minimum atomic E-state index is -0.417. The van der Waals surface area contributed by atoms with Gasteiger partial charge in [0.25, 0.3) is 5.91 Å². The second kappa shape index (κ2) is 6.59. The first-order valence-electron chi connectivity index (χ1n) is 8.65. The Morgan fingerprint density at radius 2 is 1.88 bits per heavy atom. The van der Waals surface area contributed by atoms with Crippen LogP contribution in [0.25, 0.3) is 0 Å². The zero-order chi connectivity index (χ0) is 18.1. The average Bonchev–Trinajstić information content (AvgIpc) is 3.04. The summed E-state index contributed by atoms with van der Waals surface area (Å²) >= 11 is 0. The van der Waals surface area contributed by atoms with Crippen LogP contribution in [-0.2, 0) is 13.1 Å². The second-order valence-corrected chi connectivity index (χ2v) is 6.13. The number of fused-ring (bicyclic) bond motifs is 1. The Bertz CT molecular complexity index is 978. The molecular formula is C19H19N5O2. The van der Waals surface area contributed by atoms with Crippen LogP contribution in [0, 0.1) is 0 Å². The molecule has 132 valence electrons. The third kappa shape index (κ3) is 2.61. The number of pyridine rings is 1. The monoisotopic (exact) mass is 349 g/mol. The molecule has 0 radical (unpaired) electrons. The predicted molar refractivity (Wildman–Crippen MR) is 95.7 cm³/mol. The van der Waals surface area contributed by atoms with Gasteiger partial charge in [0.15, 0.2) is 5.82 Å². The Hall–Kier alpha value is -3.22. The molecule has 0 saturated heterocycles. The molecule has 1 aliphatic rings. The topological polar surface area (TPSA) is 73.0 Å². The van der Waals surface area contributed by atoms with Gasteiger partial charge in [0.2, 0.25) is 0 Å². The highest BCUT2D eigenvalue weighted by atomic mass is 16.2. The standard InChI is InChI=1S/C19H19N5O2/c1-2-24-19(26)23-13-12-22(18(25)15-10-6-7-11-20-15)16(17(23)21-24)14-8-4-3-5-9-14/h3-11,16H,2,12-13H2,1H3. The molecule has 1 atom stereocenters. The van der Waals surface area contributed by atoms with Gasteiger partial charge in [-0.15, -0.1) is 0 Å². The van der Waals surface area contributed by atoms with Crippen molar-refractivity contribution in [1.82, 2.24) is 24.2 Å². The van der Waals surface area contributed by atoms with Crippen molar-refractivity contribution in [2.45, 2.75) is 26.1 Å². The van der Waals surface area contributed by atoms with E-state index in [0.717, 1.165) is 5.56 Å². The van der Waals surface area contributed by atoms with Crippen molar-refractivity contribution in [2.24, 2.45) is 0 Å². The Kier molecular flexibility index (Phi) is 4.12. The first kappa shape index (κ1) is 16.3. The first-order chi connectivity index (χ1) is 12.7. The lowest BCUT2D eigenvalue weighted by atomic mass is 10.0. The Labute approximate surface area is 150 Å². The molecule has 0 saturated carbocycles. The molecule has 1 unspecified atom stereocenters. The van der Waals surface area contributed by atoms with Crippen LogP contribution in [0.2, 0.25) is 0 Å². The fourth-order valence-electron chi connectivity index (χ4n) is 3.37. The smallest absolute Gasteiger partial charge is 0.321 e. The molecule has 1 amide bonds. The molecule has 0 spiro atoms. The lowest BCUT2D eigenvalue weighted by Gasteiger charge is -2.35. The molecule has 0 N–H and O–H groups in total. The third-order valence-corrected chi connectivity index (χ3v) is 4.63. The highest BCUT2D eigenvalue weighted by Gasteiger charge is 2.36. The summed E-state index contributed by atoms with van der Waals surface area (Å²) in [6, 6.07) is 14.5. The number of rotatable bonds is 3. The van der Waals surface area contributed by atoms with E-state index in [9.17, 15) is 9.59 Å². The molecule has 1 aromatic carbocycles. The molecule has 0 fully saturated rings. The summed E-state index contributed by atoms with van der Waals surface area (Å²) in [4.78, 5) is 31.6. The van der Waals surface area contributed by atoms with E-state index in [1.165, 1.54) is 4.68 Å². The number of aromatic nitrogens is 4. The largest absolute Gasteiger partial charge is 0.346 e. The molecule has 0 aliphatic carbocycles. The van der Waals surface area contributed by atoms with Gasteiger partial charge < -0.3 is 4.90 Å². The zero-order valence-corrected chi connectivity index (χ0v) is 14.4. The fourth-order valence-corrected chi connectivity index (χ4v) is 3.37. The number of carbonyl (C=O) groups is 1. The van der Waals surface area contributed by atoms with Gasteiger partial charge in [-0.3, -0.25) is 14.3 Å². The SMILES string of the molecule is CCn1nc2n(c1=O)CCN(C(=O)c1ccccn1)C2c1ccccc1. The highest BCUT2D eigenvalue weighted by Crippen LogP contribution is 2.30. The summed E-state index contributed by atoms with van der Waals surface area (Å²) in [6.07, 6.45) is 1.61. The summed E-state index contributed by atoms with van der Waals surface area (Å²) in [7, 11) is 0. The van der Waals surface area contributed by atoms with Gasteiger partial charge in [0, 0.05) is 25.8 Å². The first-order valence-corrected chi connectivity index (χ1v) is 8.65. The summed E-state index contributed by atoms with van der Waals surface area (Å²) in [6.45, 7) is 3.23.